The number of furan rings is 1. The zero-order chi connectivity index (χ0) is 11.9. The van der Waals surface area contributed by atoms with Crippen molar-refractivity contribution in [3.8, 4) is 11.5 Å². The van der Waals surface area contributed by atoms with Gasteiger partial charge in [-0.3, -0.25) is 0 Å². The summed E-state index contributed by atoms with van der Waals surface area (Å²) in [6, 6.07) is 0. The van der Waals surface area contributed by atoms with Crippen LogP contribution in [0, 0.1) is 20.8 Å². The second kappa shape index (κ2) is 3.48. The van der Waals surface area contributed by atoms with Gasteiger partial charge in [0, 0.05) is 5.56 Å². The molecule has 2 rings (SSSR count). The van der Waals surface area contributed by atoms with E-state index in [9.17, 15) is 4.79 Å². The van der Waals surface area contributed by atoms with E-state index in [1.807, 2.05) is 13.8 Å². The minimum Gasteiger partial charge on any atom is -0.475 e. The molecule has 0 aromatic carbocycles. The average Bonchev–Trinajstić information content (AvgIpc) is 2.74. The molecule has 2 aromatic heterocycles. The normalized spacial score (nSPS) is 10.7. The highest BCUT2D eigenvalue weighted by Gasteiger charge is 2.21. The number of carboxylic acid groups (broad SMARTS) is 1. The number of aryl methyl sites for hydroxylation is 2. The molecule has 1 N–H and O–H groups in total. The number of hydrogen-bond acceptors (Lipinski definition) is 5. The third-order valence-corrected chi connectivity index (χ3v) is 2.39. The van der Waals surface area contributed by atoms with Crippen LogP contribution in [0.4, 0.5) is 0 Å². The fourth-order valence-corrected chi connectivity index (χ4v) is 1.52. The molecule has 0 amide bonds. The molecule has 6 heteroatoms. The lowest BCUT2D eigenvalue weighted by Crippen LogP contribution is -1.98. The first-order valence-electron chi connectivity index (χ1n) is 4.64. The standard InChI is InChI=1S/C10H10N2O4/c1-4-5(2)15-6(3)7(4)9-11-8(10(13)14)12-16-9/h1-3H3,(H,13,14). The molecule has 0 bridgehead atoms. The maximum absolute atomic E-state index is 10.6. The summed E-state index contributed by atoms with van der Waals surface area (Å²) < 4.78 is 10.3. The topological polar surface area (TPSA) is 89.4 Å². The minimum atomic E-state index is -1.22. The van der Waals surface area contributed by atoms with Crippen LogP contribution in [0.5, 0.6) is 0 Å². The first-order valence-corrected chi connectivity index (χ1v) is 4.64. The van der Waals surface area contributed by atoms with Crippen molar-refractivity contribution in [2.75, 3.05) is 0 Å². The zero-order valence-electron chi connectivity index (χ0n) is 9.07. The van der Waals surface area contributed by atoms with Crippen molar-refractivity contribution < 1.29 is 18.8 Å². The summed E-state index contributed by atoms with van der Waals surface area (Å²) in [5, 5.41) is 12.0. The Morgan fingerprint density at radius 1 is 1.25 bits per heavy atom. The Balaban J connectivity index is 2.54. The number of nitrogens with zero attached hydrogens (tertiary/aromatic N) is 2. The third-order valence-electron chi connectivity index (χ3n) is 2.39. The van der Waals surface area contributed by atoms with E-state index in [1.165, 1.54) is 0 Å². The molecule has 84 valence electrons. The molecule has 16 heavy (non-hydrogen) atoms. The summed E-state index contributed by atoms with van der Waals surface area (Å²) in [4.78, 5) is 14.4. The predicted octanol–water partition coefficient (Wildman–Crippen LogP) is 1.95. The zero-order valence-corrected chi connectivity index (χ0v) is 9.07. The first-order chi connectivity index (χ1) is 7.50. The predicted molar refractivity (Wildman–Crippen MR) is 53.2 cm³/mol. The average molecular weight is 222 g/mol. The van der Waals surface area contributed by atoms with Crippen molar-refractivity contribution in [1.82, 2.24) is 10.1 Å². The van der Waals surface area contributed by atoms with Crippen molar-refractivity contribution in [3.05, 3.63) is 22.9 Å². The molecule has 6 nitrogen and oxygen atoms in total. The highest BCUT2D eigenvalue weighted by Crippen LogP contribution is 2.30. The fourth-order valence-electron chi connectivity index (χ4n) is 1.52. The molecule has 0 atom stereocenters. The second-order valence-corrected chi connectivity index (χ2v) is 3.44. The van der Waals surface area contributed by atoms with E-state index in [0.29, 0.717) is 11.3 Å². The monoisotopic (exact) mass is 222 g/mol. The Kier molecular flexibility index (Phi) is 2.26. The van der Waals surface area contributed by atoms with Crippen LogP contribution in [-0.2, 0) is 0 Å². The summed E-state index contributed by atoms with van der Waals surface area (Å²) in [6.45, 7) is 5.44. The molecule has 0 aliphatic heterocycles. The Bertz CT molecular complexity index is 553. The SMILES string of the molecule is Cc1oc(C)c(-c2nc(C(=O)O)no2)c1C. The van der Waals surface area contributed by atoms with Gasteiger partial charge in [0.25, 0.3) is 11.7 Å². The minimum absolute atomic E-state index is 0.171. The van der Waals surface area contributed by atoms with Crippen molar-refractivity contribution >= 4 is 5.97 Å². The van der Waals surface area contributed by atoms with Gasteiger partial charge in [0.15, 0.2) is 0 Å². The van der Waals surface area contributed by atoms with Crippen molar-refractivity contribution in [2.24, 2.45) is 0 Å². The smallest absolute Gasteiger partial charge is 0.377 e. The molecule has 0 saturated heterocycles. The number of carboxylic acids is 1. The summed E-state index contributed by atoms with van der Waals surface area (Å²) in [7, 11) is 0. The molecule has 2 heterocycles. The van der Waals surface area contributed by atoms with Gasteiger partial charge in [-0.15, -0.1) is 0 Å². The fraction of sp³-hybridized carbons (Fsp3) is 0.300. The molecular weight excluding hydrogens is 212 g/mol. The van der Waals surface area contributed by atoms with Gasteiger partial charge in [-0.25, -0.2) is 4.79 Å². The van der Waals surface area contributed by atoms with E-state index in [-0.39, 0.29) is 11.7 Å². The number of aromatic carboxylic acids is 1. The molecular formula is C10H10N2O4. The lowest BCUT2D eigenvalue weighted by molar-refractivity contribution is 0.0680. The lowest BCUT2D eigenvalue weighted by Gasteiger charge is -1.91. The largest absolute Gasteiger partial charge is 0.475 e. The van der Waals surface area contributed by atoms with E-state index in [1.54, 1.807) is 6.92 Å². The molecule has 0 aliphatic rings. The van der Waals surface area contributed by atoms with Gasteiger partial charge >= 0.3 is 5.97 Å². The third kappa shape index (κ3) is 1.48. The van der Waals surface area contributed by atoms with E-state index < -0.39 is 5.97 Å². The summed E-state index contributed by atoms with van der Waals surface area (Å²) >= 11 is 0. The Labute approximate surface area is 90.9 Å². The first kappa shape index (κ1) is 10.4. The molecule has 0 unspecified atom stereocenters. The van der Waals surface area contributed by atoms with Crippen LogP contribution in [0.15, 0.2) is 8.94 Å². The van der Waals surface area contributed by atoms with E-state index in [4.69, 9.17) is 14.0 Å². The van der Waals surface area contributed by atoms with Crippen LogP contribution >= 0.6 is 0 Å². The van der Waals surface area contributed by atoms with Crippen LogP contribution in [0.25, 0.3) is 11.5 Å². The number of aromatic nitrogens is 2. The number of hydrogen-bond donors (Lipinski definition) is 1. The Morgan fingerprint density at radius 3 is 2.38 bits per heavy atom. The summed E-state index contributed by atoms with van der Waals surface area (Å²) in [5.41, 5.74) is 1.54. The molecule has 2 aromatic rings. The molecule has 0 aliphatic carbocycles. The van der Waals surface area contributed by atoms with Crippen molar-refractivity contribution in [1.29, 1.82) is 0 Å². The van der Waals surface area contributed by atoms with Crippen LogP contribution in [0.3, 0.4) is 0 Å². The second-order valence-electron chi connectivity index (χ2n) is 3.44. The summed E-state index contributed by atoms with van der Waals surface area (Å²) in [5.74, 6) is -0.0133. The van der Waals surface area contributed by atoms with E-state index >= 15 is 0 Å². The highest BCUT2D eigenvalue weighted by molar-refractivity contribution is 5.83. The van der Waals surface area contributed by atoms with Crippen LogP contribution in [0.1, 0.15) is 27.7 Å². The maximum atomic E-state index is 10.6. The highest BCUT2D eigenvalue weighted by atomic mass is 16.5. The molecule has 0 fully saturated rings. The molecule has 0 radical (unpaired) electrons. The van der Waals surface area contributed by atoms with Gasteiger partial charge in [0.1, 0.15) is 11.5 Å². The summed E-state index contributed by atoms with van der Waals surface area (Å²) in [6.07, 6.45) is 0. The molecule has 0 saturated carbocycles. The van der Waals surface area contributed by atoms with Crippen molar-refractivity contribution in [2.45, 2.75) is 20.8 Å². The van der Waals surface area contributed by atoms with Crippen molar-refractivity contribution in [3.63, 3.8) is 0 Å². The number of carbonyl (C=O) groups is 1. The molecule has 0 spiro atoms. The van der Waals surface area contributed by atoms with E-state index in [0.717, 1.165) is 11.3 Å². The van der Waals surface area contributed by atoms with Gasteiger partial charge in [0.2, 0.25) is 0 Å². The lowest BCUT2D eigenvalue weighted by atomic mass is 10.1. The van der Waals surface area contributed by atoms with Gasteiger partial charge in [0.05, 0.1) is 5.56 Å². The van der Waals surface area contributed by atoms with E-state index in [2.05, 4.69) is 10.1 Å². The van der Waals surface area contributed by atoms with Gasteiger partial charge in [-0.1, -0.05) is 0 Å². The van der Waals surface area contributed by atoms with Crippen LogP contribution < -0.4 is 0 Å². The van der Waals surface area contributed by atoms with Gasteiger partial charge < -0.3 is 14.0 Å². The van der Waals surface area contributed by atoms with Crippen LogP contribution in [-0.4, -0.2) is 21.2 Å². The Hall–Kier alpha value is -2.11. The van der Waals surface area contributed by atoms with Gasteiger partial charge in [-0.2, -0.15) is 4.98 Å². The Morgan fingerprint density at radius 2 is 1.94 bits per heavy atom. The van der Waals surface area contributed by atoms with Gasteiger partial charge in [-0.05, 0) is 25.9 Å². The van der Waals surface area contributed by atoms with Crippen LogP contribution in [0.2, 0.25) is 0 Å². The number of rotatable bonds is 2. The maximum Gasteiger partial charge on any atom is 0.377 e. The quantitative estimate of drug-likeness (QED) is 0.835.